The van der Waals surface area contributed by atoms with E-state index in [-0.39, 0.29) is 5.69 Å². The fourth-order valence-electron chi connectivity index (χ4n) is 0.858. The molecule has 0 atom stereocenters. The number of carboxylic acids is 1. The second-order valence-corrected chi connectivity index (χ2v) is 3.52. The Morgan fingerprint density at radius 1 is 1.67 bits per heavy atom. The Labute approximate surface area is 90.1 Å². The molecule has 1 amide bonds. The summed E-state index contributed by atoms with van der Waals surface area (Å²) < 4.78 is 0. The highest BCUT2D eigenvalue weighted by Gasteiger charge is 2.08. The third kappa shape index (κ3) is 3.40. The molecule has 0 saturated carbocycles. The minimum absolute atomic E-state index is 0.0262. The minimum Gasteiger partial charge on any atom is -0.476 e. The molecule has 1 aromatic heterocycles. The number of hydrogen-bond acceptors (Lipinski definition) is 4. The highest BCUT2D eigenvalue weighted by atomic mass is 32.1. The lowest BCUT2D eigenvalue weighted by molar-refractivity contribution is -0.115. The van der Waals surface area contributed by atoms with E-state index in [9.17, 15) is 9.59 Å². The van der Waals surface area contributed by atoms with Crippen molar-refractivity contribution in [2.24, 2.45) is 0 Å². The second-order valence-electron chi connectivity index (χ2n) is 2.58. The van der Waals surface area contributed by atoms with Gasteiger partial charge in [0.15, 0.2) is 5.69 Å². The first-order valence-corrected chi connectivity index (χ1v) is 4.93. The lowest BCUT2D eigenvalue weighted by Gasteiger charge is -1.96. The van der Waals surface area contributed by atoms with Gasteiger partial charge in [0, 0.05) is 18.3 Å². The molecule has 0 aliphatic rings. The molecular weight excluding hydrogens is 216 g/mol. The first kappa shape index (κ1) is 11.2. The van der Waals surface area contributed by atoms with E-state index in [1.807, 2.05) is 5.92 Å². The van der Waals surface area contributed by atoms with Crippen LogP contribution in [-0.4, -0.2) is 28.5 Å². The summed E-state index contributed by atoms with van der Waals surface area (Å²) in [7, 11) is 0. The Bertz CT molecular complexity index is 419. The summed E-state index contributed by atoms with van der Waals surface area (Å²) in [5.41, 5.74) is 0.0262. The lowest BCUT2D eigenvalue weighted by Crippen LogP contribution is -2.23. The van der Waals surface area contributed by atoms with Crippen molar-refractivity contribution >= 4 is 23.2 Å². The molecule has 1 heterocycles. The van der Waals surface area contributed by atoms with Crippen LogP contribution in [-0.2, 0) is 11.2 Å². The quantitative estimate of drug-likeness (QED) is 0.713. The molecule has 1 rings (SSSR count). The number of rotatable bonds is 4. The monoisotopic (exact) mass is 224 g/mol. The zero-order valence-corrected chi connectivity index (χ0v) is 8.50. The number of aromatic carboxylic acids is 1. The molecule has 6 heteroatoms. The van der Waals surface area contributed by atoms with E-state index in [0.29, 0.717) is 18.0 Å². The van der Waals surface area contributed by atoms with Crippen LogP contribution >= 0.6 is 11.3 Å². The first-order valence-electron chi connectivity index (χ1n) is 4.05. The number of carboxylic acid groups (broad SMARTS) is 1. The van der Waals surface area contributed by atoms with Gasteiger partial charge in [-0.05, 0) is 5.92 Å². The second kappa shape index (κ2) is 5.12. The maximum Gasteiger partial charge on any atom is 0.355 e. The van der Waals surface area contributed by atoms with Crippen molar-refractivity contribution < 1.29 is 14.7 Å². The number of nitrogens with zero attached hydrogens (tertiary/aromatic N) is 1. The maximum absolute atomic E-state index is 10.7. The molecule has 0 saturated heterocycles. The number of thiazole rings is 1. The van der Waals surface area contributed by atoms with Crippen LogP contribution in [0.15, 0.2) is 5.38 Å². The molecule has 0 spiro atoms. The molecule has 5 nitrogen and oxygen atoms in total. The van der Waals surface area contributed by atoms with Gasteiger partial charge in [0.2, 0.25) is 0 Å². The van der Waals surface area contributed by atoms with Gasteiger partial charge >= 0.3 is 5.97 Å². The van der Waals surface area contributed by atoms with Gasteiger partial charge in [0.05, 0.1) is 5.01 Å². The number of carbonyl (C=O) groups excluding carboxylic acids is 1. The summed E-state index contributed by atoms with van der Waals surface area (Å²) in [5, 5.41) is 13.2. The first-order chi connectivity index (χ1) is 7.13. The average Bonchev–Trinajstić information content (AvgIpc) is 2.66. The van der Waals surface area contributed by atoms with E-state index in [4.69, 9.17) is 11.5 Å². The van der Waals surface area contributed by atoms with E-state index in [2.05, 4.69) is 10.3 Å². The van der Waals surface area contributed by atoms with Crippen LogP contribution in [0.1, 0.15) is 15.5 Å². The van der Waals surface area contributed by atoms with E-state index in [0.717, 1.165) is 0 Å². The van der Waals surface area contributed by atoms with Crippen molar-refractivity contribution in [3.05, 3.63) is 16.1 Å². The lowest BCUT2D eigenvalue weighted by atomic mass is 10.4. The van der Waals surface area contributed by atoms with Crippen molar-refractivity contribution in [1.82, 2.24) is 10.3 Å². The van der Waals surface area contributed by atoms with Gasteiger partial charge < -0.3 is 10.4 Å². The van der Waals surface area contributed by atoms with E-state index in [1.54, 1.807) is 0 Å². The Balaban J connectivity index is 2.42. The molecule has 1 aromatic rings. The van der Waals surface area contributed by atoms with Crippen LogP contribution in [0.3, 0.4) is 0 Å². The summed E-state index contributed by atoms with van der Waals surface area (Å²) in [6.45, 7) is 0.357. The van der Waals surface area contributed by atoms with Gasteiger partial charge in [-0.25, -0.2) is 9.78 Å². The Morgan fingerprint density at radius 2 is 2.40 bits per heavy atom. The van der Waals surface area contributed by atoms with Crippen molar-refractivity contribution in [2.75, 3.05) is 6.54 Å². The number of carbonyl (C=O) groups is 2. The zero-order valence-electron chi connectivity index (χ0n) is 7.69. The Hall–Kier alpha value is -1.87. The third-order valence-corrected chi connectivity index (χ3v) is 2.43. The molecule has 78 valence electrons. The molecule has 0 aromatic carbocycles. The molecule has 15 heavy (non-hydrogen) atoms. The van der Waals surface area contributed by atoms with Crippen LogP contribution < -0.4 is 5.32 Å². The van der Waals surface area contributed by atoms with E-state index < -0.39 is 11.9 Å². The van der Waals surface area contributed by atoms with Crippen LogP contribution in [0.25, 0.3) is 0 Å². The normalized spacial score (nSPS) is 9.27. The number of aromatic nitrogens is 1. The maximum atomic E-state index is 10.7. The Kier molecular flexibility index (Phi) is 3.83. The molecular formula is C9H8N2O3S. The van der Waals surface area contributed by atoms with Gasteiger partial charge in [-0.15, -0.1) is 17.8 Å². The van der Waals surface area contributed by atoms with Crippen molar-refractivity contribution in [3.63, 3.8) is 0 Å². The molecule has 0 aliphatic carbocycles. The molecule has 0 unspecified atom stereocenters. The summed E-state index contributed by atoms with van der Waals surface area (Å²) in [6.07, 6.45) is 5.32. The topological polar surface area (TPSA) is 79.3 Å². The van der Waals surface area contributed by atoms with E-state index >= 15 is 0 Å². The largest absolute Gasteiger partial charge is 0.476 e. The van der Waals surface area contributed by atoms with Gasteiger partial charge in [-0.2, -0.15) is 0 Å². The van der Waals surface area contributed by atoms with Crippen molar-refractivity contribution in [2.45, 2.75) is 6.42 Å². The summed E-state index contributed by atoms with van der Waals surface area (Å²) >= 11 is 1.24. The van der Waals surface area contributed by atoms with Crippen LogP contribution in [0.5, 0.6) is 0 Å². The van der Waals surface area contributed by atoms with E-state index in [1.165, 1.54) is 16.7 Å². The van der Waals surface area contributed by atoms with Gasteiger partial charge in [-0.1, -0.05) is 0 Å². The molecule has 0 bridgehead atoms. The Morgan fingerprint density at radius 3 is 2.93 bits per heavy atom. The van der Waals surface area contributed by atoms with Crippen molar-refractivity contribution in [1.29, 1.82) is 0 Å². The highest BCUT2D eigenvalue weighted by Crippen LogP contribution is 2.09. The molecule has 0 aliphatic heterocycles. The summed E-state index contributed by atoms with van der Waals surface area (Å²) in [4.78, 5) is 25.0. The number of amides is 1. The molecule has 0 fully saturated rings. The highest BCUT2D eigenvalue weighted by molar-refractivity contribution is 7.09. The predicted octanol–water partition coefficient (Wildman–Crippen LogP) is 0.133. The van der Waals surface area contributed by atoms with Crippen LogP contribution in [0.2, 0.25) is 0 Å². The fourth-order valence-corrected chi connectivity index (χ4v) is 1.63. The number of terminal acetylenes is 1. The van der Waals surface area contributed by atoms with Gasteiger partial charge in [0.25, 0.3) is 5.91 Å². The van der Waals surface area contributed by atoms with Crippen LogP contribution in [0.4, 0.5) is 0 Å². The molecule has 2 N–H and O–H groups in total. The summed E-state index contributed by atoms with van der Waals surface area (Å²) in [6, 6.07) is 0. The standard InChI is InChI=1S/C9H8N2O3S/c1-2-7(12)10-4-3-8-11-6(5-15-8)9(13)14/h1,5H,3-4H2,(H,10,12)(H,13,14). The third-order valence-electron chi connectivity index (χ3n) is 1.53. The fraction of sp³-hybridized carbons (Fsp3) is 0.222. The number of nitrogens with one attached hydrogen (secondary N) is 1. The average molecular weight is 224 g/mol. The minimum atomic E-state index is -1.05. The molecule has 0 radical (unpaired) electrons. The van der Waals surface area contributed by atoms with Crippen molar-refractivity contribution in [3.8, 4) is 12.3 Å². The van der Waals surface area contributed by atoms with Gasteiger partial charge in [-0.3, -0.25) is 4.79 Å². The predicted molar refractivity (Wildman–Crippen MR) is 54.6 cm³/mol. The smallest absolute Gasteiger partial charge is 0.355 e. The summed E-state index contributed by atoms with van der Waals surface area (Å²) in [5.74, 6) is 0.381. The zero-order chi connectivity index (χ0) is 11.3. The number of hydrogen-bond donors (Lipinski definition) is 2. The van der Waals surface area contributed by atoms with Gasteiger partial charge in [0.1, 0.15) is 0 Å². The van der Waals surface area contributed by atoms with Crippen LogP contribution in [0, 0.1) is 12.3 Å². The SMILES string of the molecule is C#CC(=O)NCCc1nc(C(=O)O)cs1.